The molecule has 2 N–H and O–H groups in total. The molecule has 1 aromatic heterocycles. The molecule has 4 nitrogen and oxygen atoms in total. The third kappa shape index (κ3) is 2.60. The smallest absolute Gasteiger partial charge is 0.0867 e. The number of benzene rings is 1. The van der Waals surface area contributed by atoms with E-state index >= 15 is 0 Å². The van der Waals surface area contributed by atoms with Gasteiger partial charge >= 0.3 is 0 Å². The molecule has 0 aliphatic carbocycles. The monoisotopic (exact) mass is 245 g/mol. The maximum absolute atomic E-state index is 9.86. The van der Waals surface area contributed by atoms with Crippen molar-refractivity contribution in [2.24, 2.45) is 0 Å². The van der Waals surface area contributed by atoms with Gasteiger partial charge in [0.2, 0.25) is 0 Å². The molecule has 1 atom stereocenters. The van der Waals surface area contributed by atoms with Gasteiger partial charge in [-0.1, -0.05) is 37.3 Å². The number of rotatable bonds is 6. The quantitative estimate of drug-likeness (QED) is 0.808. The summed E-state index contributed by atoms with van der Waals surface area (Å²) in [6.07, 6.45) is 3.66. The summed E-state index contributed by atoms with van der Waals surface area (Å²) >= 11 is 0. The van der Waals surface area contributed by atoms with Crippen molar-refractivity contribution in [2.75, 3.05) is 13.2 Å². The lowest BCUT2D eigenvalue weighted by atomic mass is 9.90. The first-order valence-corrected chi connectivity index (χ1v) is 6.19. The topological polar surface area (TPSA) is 50.1 Å². The molecule has 0 saturated heterocycles. The lowest BCUT2D eigenvalue weighted by Crippen LogP contribution is -2.49. The van der Waals surface area contributed by atoms with E-state index < -0.39 is 5.54 Å². The summed E-state index contributed by atoms with van der Waals surface area (Å²) in [5.41, 5.74) is 0.590. The highest BCUT2D eigenvalue weighted by Gasteiger charge is 2.31. The molecule has 1 unspecified atom stereocenters. The van der Waals surface area contributed by atoms with E-state index in [0.717, 1.165) is 12.1 Å². The predicted molar refractivity (Wildman–Crippen MR) is 71.1 cm³/mol. The number of hydrogen-bond acceptors (Lipinski definition) is 3. The Kier molecular flexibility index (Phi) is 4.12. The van der Waals surface area contributed by atoms with E-state index in [9.17, 15) is 5.11 Å². The van der Waals surface area contributed by atoms with Crippen molar-refractivity contribution in [3.8, 4) is 0 Å². The minimum absolute atomic E-state index is 0.0325. The highest BCUT2D eigenvalue weighted by atomic mass is 16.3. The Morgan fingerprint density at radius 2 is 2.06 bits per heavy atom. The van der Waals surface area contributed by atoms with E-state index in [1.165, 1.54) is 0 Å². The molecule has 1 heterocycles. The second-order valence-electron chi connectivity index (χ2n) is 4.34. The summed E-state index contributed by atoms with van der Waals surface area (Å²) in [6, 6.07) is 11.9. The fourth-order valence-corrected chi connectivity index (χ4v) is 2.21. The minimum Gasteiger partial charge on any atom is -0.394 e. The number of aliphatic hydroxyl groups is 1. The number of hydrogen-bond donors (Lipinski definition) is 2. The van der Waals surface area contributed by atoms with Crippen LogP contribution in [0.2, 0.25) is 0 Å². The van der Waals surface area contributed by atoms with Crippen molar-refractivity contribution in [1.29, 1.82) is 0 Å². The molecule has 0 amide bonds. The number of nitrogens with one attached hydrogen (secondary N) is 1. The molecular weight excluding hydrogens is 226 g/mol. The SMILES string of the molecule is CCNC(CO)(Cn1cccn1)c1ccccc1. The van der Waals surface area contributed by atoms with Crippen LogP contribution in [-0.4, -0.2) is 28.0 Å². The Bertz CT molecular complexity index is 455. The van der Waals surface area contributed by atoms with E-state index in [1.807, 2.05) is 54.2 Å². The van der Waals surface area contributed by atoms with Crippen LogP contribution in [0.3, 0.4) is 0 Å². The summed E-state index contributed by atoms with van der Waals surface area (Å²) in [5.74, 6) is 0. The van der Waals surface area contributed by atoms with Gasteiger partial charge in [-0.3, -0.25) is 4.68 Å². The zero-order valence-corrected chi connectivity index (χ0v) is 10.6. The third-order valence-electron chi connectivity index (χ3n) is 3.10. The van der Waals surface area contributed by atoms with Crippen LogP contribution in [0.5, 0.6) is 0 Å². The lowest BCUT2D eigenvalue weighted by molar-refractivity contribution is 0.139. The molecule has 2 aromatic rings. The van der Waals surface area contributed by atoms with Crippen LogP contribution in [0.1, 0.15) is 12.5 Å². The van der Waals surface area contributed by atoms with Gasteiger partial charge in [-0.2, -0.15) is 5.10 Å². The molecule has 0 saturated carbocycles. The van der Waals surface area contributed by atoms with Gasteiger partial charge in [0.25, 0.3) is 0 Å². The average molecular weight is 245 g/mol. The Balaban J connectivity index is 2.33. The van der Waals surface area contributed by atoms with Gasteiger partial charge in [-0.15, -0.1) is 0 Å². The molecule has 0 bridgehead atoms. The van der Waals surface area contributed by atoms with Crippen LogP contribution < -0.4 is 5.32 Å². The van der Waals surface area contributed by atoms with Crippen molar-refractivity contribution >= 4 is 0 Å². The standard InChI is InChI=1S/C14H19N3O/c1-2-15-14(12-18,11-17-10-6-9-16-17)13-7-4-3-5-8-13/h3-10,15,18H,2,11-12H2,1H3. The molecule has 18 heavy (non-hydrogen) atoms. The number of aliphatic hydroxyl groups excluding tert-OH is 1. The van der Waals surface area contributed by atoms with E-state index in [0.29, 0.717) is 6.54 Å². The number of nitrogens with zero attached hydrogens (tertiary/aromatic N) is 2. The van der Waals surface area contributed by atoms with Crippen molar-refractivity contribution in [3.05, 3.63) is 54.4 Å². The average Bonchev–Trinajstić information content (AvgIpc) is 2.92. The first kappa shape index (κ1) is 12.8. The Morgan fingerprint density at radius 3 is 2.61 bits per heavy atom. The molecule has 0 aliphatic rings. The van der Waals surface area contributed by atoms with Crippen LogP contribution in [-0.2, 0) is 12.1 Å². The van der Waals surface area contributed by atoms with E-state index in [2.05, 4.69) is 10.4 Å². The van der Waals surface area contributed by atoms with Crippen LogP contribution in [0.25, 0.3) is 0 Å². The Morgan fingerprint density at radius 1 is 1.28 bits per heavy atom. The molecule has 2 rings (SSSR count). The van der Waals surface area contributed by atoms with Gasteiger partial charge in [-0.05, 0) is 18.2 Å². The molecule has 0 aliphatic heterocycles. The summed E-state index contributed by atoms with van der Waals surface area (Å²) in [7, 11) is 0. The largest absolute Gasteiger partial charge is 0.394 e. The van der Waals surface area contributed by atoms with Crippen LogP contribution >= 0.6 is 0 Å². The Hall–Kier alpha value is -1.65. The summed E-state index contributed by atoms with van der Waals surface area (Å²) in [6.45, 7) is 3.46. The van der Waals surface area contributed by atoms with Crippen molar-refractivity contribution < 1.29 is 5.11 Å². The minimum atomic E-state index is -0.484. The molecule has 0 fully saturated rings. The fourth-order valence-electron chi connectivity index (χ4n) is 2.21. The molecule has 0 radical (unpaired) electrons. The first-order chi connectivity index (χ1) is 8.80. The summed E-state index contributed by atoms with van der Waals surface area (Å²) < 4.78 is 1.84. The van der Waals surface area contributed by atoms with Gasteiger partial charge in [0.05, 0.1) is 18.7 Å². The van der Waals surface area contributed by atoms with Gasteiger partial charge in [0, 0.05) is 12.4 Å². The van der Waals surface area contributed by atoms with E-state index in [4.69, 9.17) is 0 Å². The highest BCUT2D eigenvalue weighted by Crippen LogP contribution is 2.22. The maximum atomic E-state index is 9.86. The zero-order valence-electron chi connectivity index (χ0n) is 10.6. The lowest BCUT2D eigenvalue weighted by Gasteiger charge is -2.33. The fraction of sp³-hybridized carbons (Fsp3) is 0.357. The second-order valence-corrected chi connectivity index (χ2v) is 4.34. The number of likely N-dealkylation sites (N-methyl/N-ethyl adjacent to an activating group) is 1. The van der Waals surface area contributed by atoms with Crippen LogP contribution in [0.4, 0.5) is 0 Å². The van der Waals surface area contributed by atoms with Gasteiger partial charge in [-0.25, -0.2) is 0 Å². The van der Waals surface area contributed by atoms with Crippen molar-refractivity contribution in [1.82, 2.24) is 15.1 Å². The van der Waals surface area contributed by atoms with Gasteiger partial charge in [0.15, 0.2) is 0 Å². The molecule has 96 valence electrons. The van der Waals surface area contributed by atoms with Crippen LogP contribution in [0.15, 0.2) is 48.8 Å². The number of aromatic nitrogens is 2. The molecule has 1 aromatic carbocycles. The van der Waals surface area contributed by atoms with Crippen molar-refractivity contribution in [2.45, 2.75) is 19.0 Å². The van der Waals surface area contributed by atoms with Crippen LogP contribution in [0, 0.1) is 0 Å². The zero-order chi connectivity index (χ0) is 12.8. The Labute approximate surface area is 107 Å². The summed E-state index contributed by atoms with van der Waals surface area (Å²) in [5, 5.41) is 17.5. The second kappa shape index (κ2) is 5.80. The maximum Gasteiger partial charge on any atom is 0.0867 e. The van der Waals surface area contributed by atoms with Gasteiger partial charge in [0.1, 0.15) is 0 Å². The van der Waals surface area contributed by atoms with E-state index in [-0.39, 0.29) is 6.61 Å². The van der Waals surface area contributed by atoms with Gasteiger partial charge < -0.3 is 10.4 Å². The van der Waals surface area contributed by atoms with E-state index in [1.54, 1.807) is 6.20 Å². The predicted octanol–water partition coefficient (Wildman–Crippen LogP) is 1.38. The normalized spacial score (nSPS) is 14.3. The first-order valence-electron chi connectivity index (χ1n) is 6.19. The third-order valence-corrected chi connectivity index (χ3v) is 3.10. The van der Waals surface area contributed by atoms with Crippen molar-refractivity contribution in [3.63, 3.8) is 0 Å². The highest BCUT2D eigenvalue weighted by molar-refractivity contribution is 5.24. The summed E-state index contributed by atoms with van der Waals surface area (Å²) in [4.78, 5) is 0. The molecule has 0 spiro atoms. The molecule has 4 heteroatoms. The molecular formula is C14H19N3O.